The van der Waals surface area contributed by atoms with E-state index in [1.165, 1.54) is 0 Å². The molecule has 3 nitrogen and oxygen atoms in total. The van der Waals surface area contributed by atoms with E-state index in [1.807, 2.05) is 31.2 Å². The van der Waals surface area contributed by atoms with Gasteiger partial charge < -0.3 is 10.1 Å². The molecule has 0 bridgehead atoms. The number of aryl methyl sites for hydroxylation is 1. The average Bonchev–Trinajstić information content (AvgIpc) is 2.45. The predicted molar refractivity (Wildman–Crippen MR) is 86.4 cm³/mol. The monoisotopic (exact) mass is 323 g/mol. The summed E-state index contributed by atoms with van der Waals surface area (Å²) in [6.07, 6.45) is -0.652. The van der Waals surface area contributed by atoms with Crippen molar-refractivity contribution < 1.29 is 9.53 Å². The van der Waals surface area contributed by atoms with Gasteiger partial charge in [-0.3, -0.25) is 4.79 Å². The Morgan fingerprint density at radius 2 is 1.90 bits per heavy atom. The van der Waals surface area contributed by atoms with Gasteiger partial charge in [0.25, 0.3) is 5.91 Å². The SMILES string of the molecule is Cc1ccccc1O[C@@H](C)C(=O)Nc1cc(Cl)ccc1Cl. The van der Waals surface area contributed by atoms with Gasteiger partial charge in [0.2, 0.25) is 0 Å². The van der Waals surface area contributed by atoms with Crippen LogP contribution in [0.25, 0.3) is 0 Å². The molecule has 0 radical (unpaired) electrons. The van der Waals surface area contributed by atoms with Gasteiger partial charge in [-0.1, -0.05) is 41.4 Å². The summed E-state index contributed by atoms with van der Waals surface area (Å²) in [4.78, 5) is 12.2. The van der Waals surface area contributed by atoms with Crippen LogP contribution in [0.4, 0.5) is 5.69 Å². The minimum absolute atomic E-state index is 0.289. The molecule has 2 aromatic carbocycles. The van der Waals surface area contributed by atoms with Crippen LogP contribution in [0.2, 0.25) is 10.0 Å². The Balaban J connectivity index is 2.06. The Morgan fingerprint density at radius 3 is 2.62 bits per heavy atom. The van der Waals surface area contributed by atoms with Crippen molar-refractivity contribution in [2.75, 3.05) is 5.32 Å². The van der Waals surface area contributed by atoms with Crippen LogP contribution in [0.3, 0.4) is 0 Å². The van der Waals surface area contributed by atoms with Crippen LogP contribution < -0.4 is 10.1 Å². The summed E-state index contributed by atoms with van der Waals surface area (Å²) in [5.41, 5.74) is 1.44. The number of ether oxygens (including phenoxy) is 1. The van der Waals surface area contributed by atoms with E-state index in [0.717, 1.165) is 5.56 Å². The van der Waals surface area contributed by atoms with Gasteiger partial charge in [0.05, 0.1) is 10.7 Å². The maximum atomic E-state index is 12.2. The molecule has 0 spiro atoms. The lowest BCUT2D eigenvalue weighted by molar-refractivity contribution is -0.122. The van der Waals surface area contributed by atoms with Crippen LogP contribution in [0, 0.1) is 6.92 Å². The van der Waals surface area contributed by atoms with E-state index in [0.29, 0.717) is 21.5 Å². The first-order valence-electron chi connectivity index (χ1n) is 6.45. The normalized spacial score (nSPS) is 11.8. The van der Waals surface area contributed by atoms with Gasteiger partial charge in [0.15, 0.2) is 6.10 Å². The largest absolute Gasteiger partial charge is 0.481 e. The molecule has 0 aliphatic heterocycles. The van der Waals surface area contributed by atoms with Crippen molar-refractivity contribution >= 4 is 34.8 Å². The third-order valence-corrected chi connectivity index (χ3v) is 3.52. The van der Waals surface area contributed by atoms with Gasteiger partial charge in [0.1, 0.15) is 5.75 Å². The first-order valence-corrected chi connectivity index (χ1v) is 7.21. The quantitative estimate of drug-likeness (QED) is 0.885. The Labute approximate surface area is 133 Å². The minimum atomic E-state index is -0.652. The van der Waals surface area contributed by atoms with Gasteiger partial charge in [0, 0.05) is 5.02 Å². The fourth-order valence-corrected chi connectivity index (χ4v) is 2.10. The molecule has 0 saturated heterocycles. The lowest BCUT2D eigenvalue weighted by atomic mass is 10.2. The highest BCUT2D eigenvalue weighted by molar-refractivity contribution is 6.35. The summed E-state index contributed by atoms with van der Waals surface area (Å²) in [6, 6.07) is 12.4. The van der Waals surface area contributed by atoms with Crippen molar-refractivity contribution in [3.05, 3.63) is 58.1 Å². The zero-order chi connectivity index (χ0) is 15.4. The van der Waals surface area contributed by atoms with Crippen molar-refractivity contribution in [1.29, 1.82) is 0 Å². The molecule has 1 N–H and O–H groups in total. The van der Waals surface area contributed by atoms with E-state index in [2.05, 4.69) is 5.32 Å². The summed E-state index contributed by atoms with van der Waals surface area (Å²) >= 11 is 11.9. The summed E-state index contributed by atoms with van der Waals surface area (Å²) in [7, 11) is 0. The lowest BCUT2D eigenvalue weighted by Crippen LogP contribution is -2.30. The van der Waals surface area contributed by atoms with Crippen LogP contribution in [-0.4, -0.2) is 12.0 Å². The molecular weight excluding hydrogens is 309 g/mol. The second-order valence-corrected chi connectivity index (χ2v) is 5.48. The number of carbonyl (C=O) groups excluding carboxylic acids is 1. The summed E-state index contributed by atoms with van der Waals surface area (Å²) in [5, 5.41) is 3.64. The topological polar surface area (TPSA) is 38.3 Å². The minimum Gasteiger partial charge on any atom is -0.481 e. The molecule has 0 aliphatic carbocycles. The first kappa shape index (κ1) is 15.7. The Kier molecular flexibility index (Phi) is 5.10. The molecule has 21 heavy (non-hydrogen) atoms. The van der Waals surface area contributed by atoms with Crippen LogP contribution in [0.15, 0.2) is 42.5 Å². The van der Waals surface area contributed by atoms with Gasteiger partial charge in [-0.25, -0.2) is 0 Å². The molecule has 1 amide bonds. The molecular formula is C16H15Cl2NO2. The van der Waals surface area contributed by atoms with E-state index in [9.17, 15) is 4.79 Å². The van der Waals surface area contributed by atoms with Gasteiger partial charge >= 0.3 is 0 Å². The number of benzene rings is 2. The Bertz CT molecular complexity index is 658. The van der Waals surface area contributed by atoms with Crippen LogP contribution in [-0.2, 0) is 4.79 Å². The van der Waals surface area contributed by atoms with Crippen molar-refractivity contribution in [2.24, 2.45) is 0 Å². The van der Waals surface area contributed by atoms with Gasteiger partial charge in [-0.15, -0.1) is 0 Å². The molecule has 5 heteroatoms. The molecule has 110 valence electrons. The Hall–Kier alpha value is -1.71. The standard InChI is InChI=1S/C16H15Cl2NO2/c1-10-5-3-4-6-15(10)21-11(2)16(20)19-14-9-12(17)7-8-13(14)18/h3-9,11H,1-2H3,(H,19,20)/t11-/m0/s1. The molecule has 0 unspecified atom stereocenters. The maximum absolute atomic E-state index is 12.2. The average molecular weight is 324 g/mol. The Morgan fingerprint density at radius 1 is 1.19 bits per heavy atom. The molecule has 0 fully saturated rings. The van der Waals surface area contributed by atoms with Crippen LogP contribution in [0.1, 0.15) is 12.5 Å². The fraction of sp³-hybridized carbons (Fsp3) is 0.188. The predicted octanol–water partition coefficient (Wildman–Crippen LogP) is 4.71. The number of hydrogen-bond donors (Lipinski definition) is 1. The molecule has 2 aromatic rings. The van der Waals surface area contributed by atoms with Crippen molar-refractivity contribution in [1.82, 2.24) is 0 Å². The number of hydrogen-bond acceptors (Lipinski definition) is 2. The second-order valence-electron chi connectivity index (χ2n) is 4.64. The molecule has 0 saturated carbocycles. The van der Waals surface area contributed by atoms with Crippen LogP contribution >= 0.6 is 23.2 Å². The van der Waals surface area contributed by atoms with Crippen LogP contribution in [0.5, 0.6) is 5.75 Å². The molecule has 0 aliphatic rings. The number of halogens is 2. The first-order chi connectivity index (χ1) is 9.97. The van der Waals surface area contributed by atoms with Crippen molar-refractivity contribution in [3.63, 3.8) is 0 Å². The number of carbonyl (C=O) groups is 1. The maximum Gasteiger partial charge on any atom is 0.265 e. The molecule has 0 heterocycles. The summed E-state index contributed by atoms with van der Waals surface area (Å²) in [5.74, 6) is 0.389. The highest BCUT2D eigenvalue weighted by Crippen LogP contribution is 2.26. The van der Waals surface area contributed by atoms with E-state index in [1.54, 1.807) is 25.1 Å². The van der Waals surface area contributed by atoms with Crippen molar-refractivity contribution in [2.45, 2.75) is 20.0 Å². The van der Waals surface area contributed by atoms with Gasteiger partial charge in [-0.05, 0) is 43.7 Å². The highest BCUT2D eigenvalue weighted by atomic mass is 35.5. The van der Waals surface area contributed by atoms with E-state index in [4.69, 9.17) is 27.9 Å². The number of amides is 1. The zero-order valence-corrected chi connectivity index (χ0v) is 13.2. The van der Waals surface area contributed by atoms with E-state index >= 15 is 0 Å². The van der Waals surface area contributed by atoms with Gasteiger partial charge in [-0.2, -0.15) is 0 Å². The number of anilines is 1. The fourth-order valence-electron chi connectivity index (χ4n) is 1.76. The smallest absolute Gasteiger partial charge is 0.265 e. The van der Waals surface area contributed by atoms with Crippen molar-refractivity contribution in [3.8, 4) is 5.75 Å². The number of rotatable bonds is 4. The molecule has 0 aromatic heterocycles. The molecule has 2 rings (SSSR count). The summed E-state index contributed by atoms with van der Waals surface area (Å²) in [6.45, 7) is 3.61. The van der Waals surface area contributed by atoms with E-state index < -0.39 is 6.10 Å². The third-order valence-electron chi connectivity index (χ3n) is 2.95. The summed E-state index contributed by atoms with van der Waals surface area (Å²) < 4.78 is 5.66. The highest BCUT2D eigenvalue weighted by Gasteiger charge is 2.17. The number of para-hydroxylation sites is 1. The lowest BCUT2D eigenvalue weighted by Gasteiger charge is -2.16. The van der Waals surface area contributed by atoms with E-state index in [-0.39, 0.29) is 5.91 Å². The number of nitrogens with one attached hydrogen (secondary N) is 1. The zero-order valence-electron chi connectivity index (χ0n) is 11.7. The third kappa shape index (κ3) is 4.13. The molecule has 1 atom stereocenters. The second kappa shape index (κ2) is 6.83.